The van der Waals surface area contributed by atoms with E-state index in [2.05, 4.69) is 24.3 Å². The fourth-order valence-corrected chi connectivity index (χ4v) is 5.74. The van der Waals surface area contributed by atoms with Crippen molar-refractivity contribution in [3.63, 3.8) is 0 Å². The number of carbonyl (C=O) groups is 1. The van der Waals surface area contributed by atoms with Gasteiger partial charge in [0.2, 0.25) is 0 Å². The van der Waals surface area contributed by atoms with Crippen molar-refractivity contribution < 1.29 is 22.7 Å². The molecule has 0 saturated carbocycles. The summed E-state index contributed by atoms with van der Waals surface area (Å²) < 4.78 is 37.8. The molecule has 0 N–H and O–H groups in total. The van der Waals surface area contributed by atoms with E-state index in [1.165, 1.54) is 18.2 Å². The number of hydrogen-bond donors (Lipinski definition) is 0. The third kappa shape index (κ3) is 7.45. The van der Waals surface area contributed by atoms with Crippen LogP contribution >= 0.6 is 0 Å². The quantitative estimate of drug-likeness (QED) is 0.237. The van der Waals surface area contributed by atoms with Gasteiger partial charge in [-0.15, -0.1) is 0 Å². The Morgan fingerprint density at radius 3 is 2.15 bits per heavy atom. The summed E-state index contributed by atoms with van der Waals surface area (Å²) in [5.41, 5.74) is 2.95. The molecule has 0 spiro atoms. The Morgan fingerprint density at radius 1 is 0.846 bits per heavy atom. The monoisotopic (exact) mass is 545 g/mol. The molecule has 0 radical (unpaired) electrons. The molecule has 0 saturated heterocycles. The largest absolute Gasteiger partial charge is 0.482 e. The van der Waals surface area contributed by atoms with Gasteiger partial charge in [0.25, 0.3) is 5.56 Å². The number of rotatable bonds is 12. The Hall–Kier alpha value is -4.17. The van der Waals surface area contributed by atoms with Gasteiger partial charge in [-0.25, -0.2) is 13.2 Å². The normalized spacial score (nSPS) is 11.3. The zero-order chi connectivity index (χ0) is 27.7. The molecule has 0 bridgehead atoms. The Morgan fingerprint density at radius 2 is 1.51 bits per heavy atom. The van der Waals surface area contributed by atoms with Crippen molar-refractivity contribution in [2.45, 2.75) is 30.7 Å². The first-order valence-electron chi connectivity index (χ1n) is 12.8. The van der Waals surface area contributed by atoms with Gasteiger partial charge in [0.1, 0.15) is 5.75 Å². The van der Waals surface area contributed by atoms with E-state index < -0.39 is 15.8 Å². The zero-order valence-corrected chi connectivity index (χ0v) is 22.5. The van der Waals surface area contributed by atoms with Crippen molar-refractivity contribution in [2.75, 3.05) is 19.0 Å². The summed E-state index contributed by atoms with van der Waals surface area (Å²) in [5.74, 6) is -0.479. The molecular formula is C31H31NO6S. The molecule has 0 atom stereocenters. The molecule has 4 aromatic rings. The summed E-state index contributed by atoms with van der Waals surface area (Å²) >= 11 is 0. The third-order valence-electron chi connectivity index (χ3n) is 6.24. The molecule has 0 unspecified atom stereocenters. The molecular weight excluding hydrogens is 514 g/mol. The van der Waals surface area contributed by atoms with Crippen LogP contribution in [-0.4, -0.2) is 37.9 Å². The number of benzene rings is 3. The second-order valence-corrected chi connectivity index (χ2v) is 11.1. The lowest BCUT2D eigenvalue weighted by Gasteiger charge is -2.20. The van der Waals surface area contributed by atoms with Crippen LogP contribution in [-0.2, 0) is 25.9 Å². The van der Waals surface area contributed by atoms with E-state index in [9.17, 15) is 18.0 Å². The lowest BCUT2D eigenvalue weighted by Crippen LogP contribution is -2.22. The van der Waals surface area contributed by atoms with E-state index >= 15 is 0 Å². The predicted octanol–water partition coefficient (Wildman–Crippen LogP) is 4.83. The molecule has 8 heteroatoms. The molecule has 39 heavy (non-hydrogen) atoms. The maximum atomic E-state index is 13.0. The number of ether oxygens (including phenoxy) is 2. The average Bonchev–Trinajstić information content (AvgIpc) is 2.95. The van der Waals surface area contributed by atoms with Crippen molar-refractivity contribution in [3.8, 4) is 5.75 Å². The van der Waals surface area contributed by atoms with Crippen LogP contribution < -0.4 is 10.3 Å². The van der Waals surface area contributed by atoms with E-state index in [0.29, 0.717) is 0 Å². The van der Waals surface area contributed by atoms with Crippen LogP contribution in [0.3, 0.4) is 0 Å². The molecule has 0 aliphatic heterocycles. The van der Waals surface area contributed by atoms with Gasteiger partial charge in [0, 0.05) is 24.7 Å². The molecule has 202 valence electrons. The lowest BCUT2D eigenvalue weighted by molar-refractivity contribution is -0.145. The highest BCUT2D eigenvalue weighted by Gasteiger charge is 2.19. The third-order valence-corrected chi connectivity index (χ3v) is 8.04. The first-order valence-corrected chi connectivity index (χ1v) is 14.4. The SMILES string of the molecule is CCOC(=O)COc1cccc(S(=O)(=O)CCCn2cc(C(c3ccccc3)c3ccccc3)ccc2=O)c1. The summed E-state index contributed by atoms with van der Waals surface area (Å²) in [5, 5.41) is 0. The smallest absolute Gasteiger partial charge is 0.344 e. The van der Waals surface area contributed by atoms with Crippen LogP contribution in [0.25, 0.3) is 0 Å². The van der Waals surface area contributed by atoms with Crippen LogP contribution in [0.4, 0.5) is 0 Å². The zero-order valence-electron chi connectivity index (χ0n) is 21.7. The van der Waals surface area contributed by atoms with Gasteiger partial charge in [-0.3, -0.25) is 4.79 Å². The van der Waals surface area contributed by atoms with E-state index in [0.717, 1.165) is 16.7 Å². The number of esters is 1. The molecule has 0 aliphatic rings. The second kappa shape index (κ2) is 13.1. The summed E-state index contributed by atoms with van der Waals surface area (Å²) in [4.78, 5) is 24.3. The minimum atomic E-state index is -3.64. The first-order chi connectivity index (χ1) is 18.9. The van der Waals surface area contributed by atoms with Crippen molar-refractivity contribution in [1.82, 2.24) is 4.57 Å². The summed E-state index contributed by atoms with van der Waals surface area (Å²) in [7, 11) is -3.64. The van der Waals surface area contributed by atoms with Gasteiger partial charge in [-0.05, 0) is 48.2 Å². The Balaban J connectivity index is 1.48. The van der Waals surface area contributed by atoms with Crippen molar-refractivity contribution >= 4 is 15.8 Å². The van der Waals surface area contributed by atoms with E-state index in [4.69, 9.17) is 9.47 Å². The number of pyridine rings is 1. The molecule has 7 nitrogen and oxygen atoms in total. The minimum Gasteiger partial charge on any atom is -0.482 e. The van der Waals surface area contributed by atoms with Crippen molar-refractivity contribution in [2.24, 2.45) is 0 Å². The Labute approximate surface area is 228 Å². The van der Waals surface area contributed by atoms with Gasteiger partial charge < -0.3 is 14.0 Å². The number of carbonyl (C=O) groups excluding carboxylic acids is 1. The average molecular weight is 546 g/mol. The number of hydrogen-bond acceptors (Lipinski definition) is 6. The Bertz CT molecular complexity index is 1510. The molecule has 0 amide bonds. The summed E-state index contributed by atoms with van der Waals surface area (Å²) in [6, 6.07) is 29.5. The number of nitrogens with zero attached hydrogens (tertiary/aromatic N) is 1. The van der Waals surface area contributed by atoms with Crippen molar-refractivity contribution in [3.05, 3.63) is 130 Å². The molecule has 3 aromatic carbocycles. The number of sulfone groups is 1. The van der Waals surface area contributed by atoms with Crippen LogP contribution in [0, 0.1) is 0 Å². The number of aromatic nitrogens is 1. The molecule has 4 rings (SSSR count). The van der Waals surface area contributed by atoms with Crippen molar-refractivity contribution in [1.29, 1.82) is 0 Å². The minimum absolute atomic E-state index is 0.0691. The highest BCUT2D eigenvalue weighted by atomic mass is 32.2. The van der Waals surface area contributed by atoms with Crippen LogP contribution in [0.2, 0.25) is 0 Å². The summed E-state index contributed by atoms with van der Waals surface area (Å²) in [6.07, 6.45) is 2.07. The standard InChI is InChI=1S/C31H31NO6S/c1-2-37-30(34)23-38-27-15-9-16-28(21-27)39(35,36)20-10-19-32-22-26(17-18-29(32)33)31(24-11-5-3-6-12-24)25-13-7-4-8-14-25/h3-9,11-18,21-22,31H,2,10,19-20,23H2,1H3. The van der Waals surface area contributed by atoms with Crippen LogP contribution in [0.5, 0.6) is 5.75 Å². The fourth-order valence-electron chi connectivity index (χ4n) is 4.41. The number of aryl methyl sites for hydroxylation is 1. The summed E-state index contributed by atoms with van der Waals surface area (Å²) in [6.45, 7) is 1.88. The van der Waals surface area contributed by atoms with Gasteiger partial charge in [-0.2, -0.15) is 0 Å². The molecule has 1 heterocycles. The molecule has 0 fully saturated rings. The van der Waals surface area contributed by atoms with E-state index in [1.807, 2.05) is 48.7 Å². The highest BCUT2D eigenvalue weighted by Crippen LogP contribution is 2.31. The van der Waals surface area contributed by atoms with Gasteiger partial charge in [-0.1, -0.05) is 72.8 Å². The molecule has 0 aliphatic carbocycles. The maximum absolute atomic E-state index is 13.0. The van der Waals surface area contributed by atoms with Gasteiger partial charge in [0.05, 0.1) is 17.3 Å². The maximum Gasteiger partial charge on any atom is 0.344 e. The van der Waals surface area contributed by atoms with Gasteiger partial charge in [0.15, 0.2) is 16.4 Å². The van der Waals surface area contributed by atoms with Gasteiger partial charge >= 0.3 is 5.97 Å². The highest BCUT2D eigenvalue weighted by molar-refractivity contribution is 7.91. The molecule has 1 aromatic heterocycles. The van der Waals surface area contributed by atoms with E-state index in [-0.39, 0.29) is 54.1 Å². The van der Waals surface area contributed by atoms with Crippen LogP contribution in [0.1, 0.15) is 36.0 Å². The fraction of sp³-hybridized carbons (Fsp3) is 0.226. The topological polar surface area (TPSA) is 91.7 Å². The van der Waals surface area contributed by atoms with E-state index in [1.54, 1.807) is 23.6 Å². The predicted molar refractivity (Wildman–Crippen MR) is 150 cm³/mol. The van der Waals surface area contributed by atoms with Crippen LogP contribution in [0.15, 0.2) is 113 Å². The lowest BCUT2D eigenvalue weighted by atomic mass is 9.86. The second-order valence-electron chi connectivity index (χ2n) is 8.99. The first kappa shape index (κ1) is 27.9. The Kier molecular flexibility index (Phi) is 9.33.